The van der Waals surface area contributed by atoms with Gasteiger partial charge in [0.25, 0.3) is 5.91 Å². The van der Waals surface area contributed by atoms with Crippen molar-refractivity contribution in [3.05, 3.63) is 35.4 Å². The highest BCUT2D eigenvalue weighted by Gasteiger charge is 2.24. The quantitative estimate of drug-likeness (QED) is 0.349. The fraction of sp³-hybridized carbons (Fsp3) is 0.593. The van der Waals surface area contributed by atoms with E-state index in [1.165, 1.54) is 6.07 Å². The number of cyclic esters (lactones) is 1. The van der Waals surface area contributed by atoms with Crippen LogP contribution in [0.1, 0.15) is 87.1 Å². The molecule has 2 heterocycles. The number of carbonyl (C=O) groups is 2. The molecule has 8 nitrogen and oxygen atoms in total. The van der Waals surface area contributed by atoms with Crippen molar-refractivity contribution in [3.63, 3.8) is 0 Å². The Bertz CT molecular complexity index is 920. The third-order valence-electron chi connectivity index (χ3n) is 6.41. The number of hydrogen-bond acceptors (Lipinski definition) is 7. The lowest BCUT2D eigenvalue weighted by atomic mass is 9.97. The van der Waals surface area contributed by atoms with Gasteiger partial charge >= 0.3 is 5.97 Å². The van der Waals surface area contributed by atoms with Crippen molar-refractivity contribution in [1.82, 2.24) is 4.90 Å². The summed E-state index contributed by atoms with van der Waals surface area (Å²) in [6, 6.07) is 2.59. The van der Waals surface area contributed by atoms with E-state index in [1.807, 2.05) is 13.0 Å². The molecule has 0 saturated carbocycles. The predicted molar refractivity (Wildman–Crippen MR) is 134 cm³/mol. The van der Waals surface area contributed by atoms with Crippen LogP contribution in [0.15, 0.2) is 29.4 Å². The maximum Gasteiger partial charge on any atom is 0.342 e. The Kier molecular flexibility index (Phi) is 10.4. The van der Waals surface area contributed by atoms with Gasteiger partial charge in [0.15, 0.2) is 6.61 Å². The van der Waals surface area contributed by atoms with E-state index in [2.05, 4.69) is 11.2 Å². The van der Waals surface area contributed by atoms with Crippen LogP contribution in [0.4, 0.5) is 0 Å². The molecule has 1 unspecified atom stereocenters. The van der Waals surface area contributed by atoms with Gasteiger partial charge in [0.05, 0.1) is 5.71 Å². The number of rotatable bonds is 5. The first-order valence-electron chi connectivity index (χ1n) is 12.8. The molecule has 3 rings (SSSR count). The number of allylic oxidation sites excluding steroid dienone is 1. The molecule has 1 aromatic rings. The number of ether oxygens (including phenoxy) is 1. The summed E-state index contributed by atoms with van der Waals surface area (Å²) in [6.45, 7) is 3.40. The van der Waals surface area contributed by atoms with Crippen LogP contribution in [0.3, 0.4) is 0 Å². The summed E-state index contributed by atoms with van der Waals surface area (Å²) >= 11 is 0. The standard InChI is InChI=1S/C27H38N2O6/c1-2-11-23-13-8-5-3-4-7-12-21(28-34-19-25(32)29-14-9-6-10-15-29)16-20-17-22(30)18-24(31)26(20)27(33)35-23/h5,8,17-18,23,30-31H,2-4,6-7,9-16,19H2,1H3/b8-5+,28-21-. The average Bonchev–Trinajstić information content (AvgIpc) is 2.82. The van der Waals surface area contributed by atoms with E-state index in [0.29, 0.717) is 24.1 Å². The molecule has 192 valence electrons. The van der Waals surface area contributed by atoms with Crippen molar-refractivity contribution < 1.29 is 29.4 Å². The molecular weight excluding hydrogens is 448 g/mol. The van der Waals surface area contributed by atoms with Crippen LogP contribution >= 0.6 is 0 Å². The van der Waals surface area contributed by atoms with Gasteiger partial charge in [0, 0.05) is 32.0 Å². The molecule has 1 aromatic carbocycles. The lowest BCUT2D eigenvalue weighted by Crippen LogP contribution is -2.37. The van der Waals surface area contributed by atoms with Crippen molar-refractivity contribution in [2.24, 2.45) is 5.16 Å². The molecular formula is C27H38N2O6. The van der Waals surface area contributed by atoms with E-state index in [-0.39, 0.29) is 42.1 Å². The highest BCUT2D eigenvalue weighted by atomic mass is 16.6. The number of benzene rings is 1. The molecule has 0 aromatic heterocycles. The number of hydrogen-bond donors (Lipinski definition) is 2. The summed E-state index contributed by atoms with van der Waals surface area (Å²) in [5, 5.41) is 24.9. The summed E-state index contributed by atoms with van der Waals surface area (Å²) in [4.78, 5) is 32.8. The number of aromatic hydroxyl groups is 2. The molecule has 1 saturated heterocycles. The Labute approximate surface area is 207 Å². The summed E-state index contributed by atoms with van der Waals surface area (Å²) in [5.41, 5.74) is 1.09. The maximum atomic E-state index is 13.1. The van der Waals surface area contributed by atoms with Crippen LogP contribution in [-0.4, -0.2) is 58.5 Å². The zero-order chi connectivity index (χ0) is 25.0. The summed E-state index contributed by atoms with van der Waals surface area (Å²) in [6.07, 6.45) is 12.8. The Morgan fingerprint density at radius 3 is 2.71 bits per heavy atom. The number of phenols is 2. The van der Waals surface area contributed by atoms with Crippen LogP contribution in [0.25, 0.3) is 0 Å². The largest absolute Gasteiger partial charge is 0.508 e. The van der Waals surface area contributed by atoms with Gasteiger partial charge in [-0.05, 0) is 63.0 Å². The van der Waals surface area contributed by atoms with Crippen molar-refractivity contribution in [2.45, 2.75) is 83.7 Å². The van der Waals surface area contributed by atoms with E-state index >= 15 is 0 Å². The minimum atomic E-state index is -0.623. The molecule has 35 heavy (non-hydrogen) atoms. The number of carbonyl (C=O) groups excluding carboxylic acids is 2. The Hall–Kier alpha value is -3.03. The lowest BCUT2D eigenvalue weighted by Gasteiger charge is -2.26. The van der Waals surface area contributed by atoms with E-state index in [4.69, 9.17) is 9.57 Å². The van der Waals surface area contributed by atoms with Gasteiger partial charge in [0.2, 0.25) is 0 Å². The van der Waals surface area contributed by atoms with Crippen LogP contribution < -0.4 is 0 Å². The molecule has 2 aliphatic heterocycles. The van der Waals surface area contributed by atoms with Crippen LogP contribution in [0.2, 0.25) is 0 Å². The Morgan fingerprint density at radius 2 is 1.94 bits per heavy atom. The zero-order valence-corrected chi connectivity index (χ0v) is 20.7. The van der Waals surface area contributed by atoms with Crippen molar-refractivity contribution in [2.75, 3.05) is 19.7 Å². The van der Waals surface area contributed by atoms with Crippen molar-refractivity contribution in [3.8, 4) is 11.5 Å². The molecule has 2 aliphatic rings. The highest BCUT2D eigenvalue weighted by Crippen LogP contribution is 2.30. The van der Waals surface area contributed by atoms with Gasteiger partial charge in [-0.3, -0.25) is 4.79 Å². The minimum absolute atomic E-state index is 0.0297. The third-order valence-corrected chi connectivity index (χ3v) is 6.41. The topological polar surface area (TPSA) is 109 Å². The van der Waals surface area contributed by atoms with Crippen LogP contribution in [-0.2, 0) is 20.8 Å². The van der Waals surface area contributed by atoms with E-state index < -0.39 is 5.97 Å². The summed E-state index contributed by atoms with van der Waals surface area (Å²) in [7, 11) is 0. The second-order valence-electron chi connectivity index (χ2n) is 9.32. The van der Waals surface area contributed by atoms with Gasteiger partial charge < -0.3 is 24.7 Å². The molecule has 0 aliphatic carbocycles. The van der Waals surface area contributed by atoms with E-state index in [9.17, 15) is 19.8 Å². The zero-order valence-electron chi connectivity index (χ0n) is 20.7. The van der Waals surface area contributed by atoms with Gasteiger partial charge in [-0.15, -0.1) is 0 Å². The van der Waals surface area contributed by atoms with Crippen molar-refractivity contribution in [1.29, 1.82) is 0 Å². The predicted octanol–water partition coefficient (Wildman–Crippen LogP) is 4.87. The van der Waals surface area contributed by atoms with Crippen LogP contribution in [0, 0.1) is 0 Å². The van der Waals surface area contributed by atoms with E-state index in [1.54, 1.807) is 4.90 Å². The number of oxime groups is 1. The molecule has 2 N–H and O–H groups in total. The van der Waals surface area contributed by atoms with Crippen molar-refractivity contribution >= 4 is 17.6 Å². The molecule has 8 heteroatoms. The van der Waals surface area contributed by atoms with Gasteiger partial charge in [-0.2, -0.15) is 0 Å². The highest BCUT2D eigenvalue weighted by molar-refractivity contribution is 5.97. The SMILES string of the molecule is CCCC1C/C=C/CCCC/C(=N/OCC(=O)N2CCCCC2)Cc2cc(O)cc(O)c2C(=O)O1. The Balaban J connectivity index is 1.81. The van der Waals surface area contributed by atoms with Crippen LogP contribution in [0.5, 0.6) is 11.5 Å². The Morgan fingerprint density at radius 1 is 1.14 bits per heavy atom. The first-order chi connectivity index (χ1) is 17.0. The molecule has 0 radical (unpaired) electrons. The number of piperidine rings is 1. The molecule has 1 fully saturated rings. The molecule has 1 atom stereocenters. The number of nitrogens with zero attached hydrogens (tertiary/aromatic N) is 2. The number of amides is 1. The number of likely N-dealkylation sites (tertiary alicyclic amines) is 1. The third kappa shape index (κ3) is 8.30. The fourth-order valence-electron chi connectivity index (χ4n) is 4.56. The summed E-state index contributed by atoms with van der Waals surface area (Å²) < 4.78 is 5.74. The fourth-order valence-corrected chi connectivity index (χ4v) is 4.56. The first-order valence-corrected chi connectivity index (χ1v) is 12.8. The molecule has 0 spiro atoms. The monoisotopic (exact) mass is 486 g/mol. The van der Waals surface area contributed by atoms with Gasteiger partial charge in [0.1, 0.15) is 23.2 Å². The van der Waals surface area contributed by atoms with E-state index in [0.717, 1.165) is 70.5 Å². The number of fused-ring (bicyclic) bond motifs is 1. The number of phenolic OH excluding ortho intramolecular Hbond substituents is 2. The first kappa shape index (κ1) is 26.6. The normalized spacial score (nSPS) is 22.1. The summed E-state index contributed by atoms with van der Waals surface area (Å²) in [5.74, 6) is -1.18. The second-order valence-corrected chi connectivity index (χ2v) is 9.32. The average molecular weight is 487 g/mol. The minimum Gasteiger partial charge on any atom is -0.508 e. The smallest absolute Gasteiger partial charge is 0.342 e. The second kappa shape index (κ2) is 13.8. The number of esters is 1. The lowest BCUT2D eigenvalue weighted by molar-refractivity contribution is -0.137. The maximum absolute atomic E-state index is 13.1. The molecule has 0 bridgehead atoms. The van der Waals surface area contributed by atoms with Gasteiger partial charge in [-0.25, -0.2) is 4.79 Å². The van der Waals surface area contributed by atoms with Gasteiger partial charge in [-0.1, -0.05) is 30.7 Å². The molecule has 1 amide bonds.